The number of aromatic nitrogens is 4. The Kier molecular flexibility index (Phi) is 4.89. The van der Waals surface area contributed by atoms with Gasteiger partial charge in [-0.2, -0.15) is 4.98 Å². The maximum atomic E-state index is 5.35. The molecular formula is C14H23N5O. The predicted molar refractivity (Wildman–Crippen MR) is 77.1 cm³/mol. The molecule has 0 aromatic carbocycles. The number of nitrogens with one attached hydrogen (secondary N) is 1. The Morgan fingerprint density at radius 3 is 2.80 bits per heavy atom. The highest BCUT2D eigenvalue weighted by molar-refractivity contribution is 5.42. The van der Waals surface area contributed by atoms with E-state index in [2.05, 4.69) is 41.2 Å². The van der Waals surface area contributed by atoms with Crippen LogP contribution < -0.4 is 5.32 Å². The molecule has 0 fully saturated rings. The summed E-state index contributed by atoms with van der Waals surface area (Å²) in [7, 11) is 1.92. The van der Waals surface area contributed by atoms with Crippen molar-refractivity contribution in [1.82, 2.24) is 25.0 Å². The number of nitrogens with zero attached hydrogens (tertiary/aromatic N) is 4. The molecule has 0 saturated carbocycles. The molecule has 2 aromatic heterocycles. The molecule has 1 unspecified atom stereocenters. The van der Waals surface area contributed by atoms with Gasteiger partial charge in [0.15, 0.2) is 5.82 Å². The molecule has 2 heterocycles. The van der Waals surface area contributed by atoms with Gasteiger partial charge in [-0.3, -0.25) is 0 Å². The van der Waals surface area contributed by atoms with E-state index in [-0.39, 0.29) is 0 Å². The smallest absolute Gasteiger partial charge is 0.238 e. The van der Waals surface area contributed by atoms with Gasteiger partial charge in [-0.25, -0.2) is 4.98 Å². The van der Waals surface area contributed by atoms with Crippen LogP contribution in [0.1, 0.15) is 33.1 Å². The highest BCUT2D eigenvalue weighted by atomic mass is 16.5. The van der Waals surface area contributed by atoms with Gasteiger partial charge in [0, 0.05) is 31.9 Å². The highest BCUT2D eigenvalue weighted by Crippen LogP contribution is 2.15. The lowest BCUT2D eigenvalue weighted by Crippen LogP contribution is -2.32. The van der Waals surface area contributed by atoms with Crippen molar-refractivity contribution in [2.45, 2.75) is 39.7 Å². The molecule has 0 aliphatic rings. The van der Waals surface area contributed by atoms with E-state index in [0.29, 0.717) is 23.7 Å². The summed E-state index contributed by atoms with van der Waals surface area (Å²) >= 11 is 0. The van der Waals surface area contributed by atoms with Gasteiger partial charge in [-0.15, -0.1) is 0 Å². The summed E-state index contributed by atoms with van der Waals surface area (Å²) in [5.74, 6) is 2.57. The quantitative estimate of drug-likeness (QED) is 0.838. The van der Waals surface area contributed by atoms with Crippen LogP contribution in [0.2, 0.25) is 0 Å². The molecule has 0 aliphatic heterocycles. The van der Waals surface area contributed by atoms with Crippen molar-refractivity contribution in [2.75, 3.05) is 6.54 Å². The van der Waals surface area contributed by atoms with Gasteiger partial charge in [0.25, 0.3) is 0 Å². The normalized spacial score (nSPS) is 13.1. The molecule has 2 aromatic rings. The lowest BCUT2D eigenvalue weighted by Gasteiger charge is -2.17. The summed E-state index contributed by atoms with van der Waals surface area (Å²) < 4.78 is 7.23. The number of imidazole rings is 1. The van der Waals surface area contributed by atoms with E-state index >= 15 is 0 Å². The first-order valence-electron chi connectivity index (χ1n) is 7.13. The Morgan fingerprint density at radius 2 is 2.20 bits per heavy atom. The van der Waals surface area contributed by atoms with Crippen LogP contribution in [0.15, 0.2) is 16.9 Å². The molecule has 0 bridgehead atoms. The minimum atomic E-state index is 0.370. The van der Waals surface area contributed by atoms with Gasteiger partial charge in [0.2, 0.25) is 11.7 Å². The Bertz CT molecular complexity index is 531. The highest BCUT2D eigenvalue weighted by Gasteiger charge is 2.17. The van der Waals surface area contributed by atoms with Crippen LogP contribution in [-0.4, -0.2) is 32.3 Å². The Morgan fingerprint density at radius 1 is 1.40 bits per heavy atom. The van der Waals surface area contributed by atoms with E-state index < -0.39 is 0 Å². The second kappa shape index (κ2) is 6.65. The first kappa shape index (κ1) is 14.7. The van der Waals surface area contributed by atoms with E-state index in [9.17, 15) is 0 Å². The zero-order valence-electron chi connectivity index (χ0n) is 12.6. The van der Waals surface area contributed by atoms with Gasteiger partial charge in [0.05, 0.1) is 0 Å². The zero-order valence-corrected chi connectivity index (χ0v) is 12.6. The van der Waals surface area contributed by atoms with Gasteiger partial charge in [-0.1, -0.05) is 25.9 Å². The molecule has 2 rings (SSSR count). The minimum Gasteiger partial charge on any atom is -0.339 e. The van der Waals surface area contributed by atoms with Crippen LogP contribution in [-0.2, 0) is 13.5 Å². The van der Waals surface area contributed by atoms with E-state index in [4.69, 9.17) is 4.52 Å². The third kappa shape index (κ3) is 3.66. The van der Waals surface area contributed by atoms with Crippen LogP contribution in [0.3, 0.4) is 0 Å². The standard InChI is InChI=1S/C14H23N5O/c1-5-15-11(8-10(2)3)9-12-17-13(18-20-12)14-16-6-7-19(14)4/h6-7,10-11,15H,5,8-9H2,1-4H3. The summed E-state index contributed by atoms with van der Waals surface area (Å²) in [5.41, 5.74) is 0. The summed E-state index contributed by atoms with van der Waals surface area (Å²) in [6.45, 7) is 7.49. The van der Waals surface area contributed by atoms with E-state index in [1.807, 2.05) is 17.8 Å². The second-order valence-corrected chi connectivity index (χ2v) is 5.46. The third-order valence-electron chi connectivity index (χ3n) is 3.16. The molecule has 0 saturated heterocycles. The number of hydrogen-bond acceptors (Lipinski definition) is 5. The molecule has 0 radical (unpaired) electrons. The number of likely N-dealkylation sites (N-methyl/N-ethyl adjacent to an activating group) is 1. The summed E-state index contributed by atoms with van der Waals surface area (Å²) in [6.07, 6.45) is 5.44. The van der Waals surface area contributed by atoms with Crippen molar-refractivity contribution in [3.63, 3.8) is 0 Å². The molecule has 110 valence electrons. The molecule has 20 heavy (non-hydrogen) atoms. The first-order valence-corrected chi connectivity index (χ1v) is 7.13. The van der Waals surface area contributed by atoms with Crippen molar-refractivity contribution in [3.8, 4) is 11.6 Å². The van der Waals surface area contributed by atoms with E-state index in [0.717, 1.165) is 25.2 Å². The fourth-order valence-corrected chi connectivity index (χ4v) is 2.32. The topological polar surface area (TPSA) is 68.8 Å². The molecule has 0 aliphatic carbocycles. The number of rotatable bonds is 7. The third-order valence-corrected chi connectivity index (χ3v) is 3.16. The molecule has 6 nitrogen and oxygen atoms in total. The minimum absolute atomic E-state index is 0.370. The van der Waals surface area contributed by atoms with Crippen LogP contribution >= 0.6 is 0 Å². The molecular weight excluding hydrogens is 254 g/mol. The van der Waals surface area contributed by atoms with Gasteiger partial charge >= 0.3 is 0 Å². The zero-order chi connectivity index (χ0) is 14.5. The monoisotopic (exact) mass is 277 g/mol. The van der Waals surface area contributed by atoms with Crippen molar-refractivity contribution < 1.29 is 4.52 Å². The molecule has 1 N–H and O–H groups in total. The lowest BCUT2D eigenvalue weighted by molar-refractivity contribution is 0.340. The van der Waals surface area contributed by atoms with Gasteiger partial charge in [-0.05, 0) is 18.9 Å². The summed E-state index contributed by atoms with van der Waals surface area (Å²) in [4.78, 5) is 8.67. The lowest BCUT2D eigenvalue weighted by atomic mass is 10.0. The second-order valence-electron chi connectivity index (χ2n) is 5.46. The van der Waals surface area contributed by atoms with Crippen molar-refractivity contribution in [3.05, 3.63) is 18.3 Å². The van der Waals surface area contributed by atoms with Crippen LogP contribution in [0.4, 0.5) is 0 Å². The molecule has 6 heteroatoms. The predicted octanol–water partition coefficient (Wildman–Crippen LogP) is 2.04. The van der Waals surface area contributed by atoms with Crippen LogP contribution in [0, 0.1) is 5.92 Å². The largest absolute Gasteiger partial charge is 0.339 e. The van der Waals surface area contributed by atoms with Crippen LogP contribution in [0.25, 0.3) is 11.6 Å². The van der Waals surface area contributed by atoms with Crippen LogP contribution in [0.5, 0.6) is 0 Å². The summed E-state index contributed by atoms with van der Waals surface area (Å²) in [5, 5.41) is 7.48. The SMILES string of the molecule is CCNC(Cc1nc(-c2nccn2C)no1)CC(C)C. The average molecular weight is 277 g/mol. The van der Waals surface area contributed by atoms with Gasteiger partial charge < -0.3 is 14.4 Å². The van der Waals surface area contributed by atoms with Crippen molar-refractivity contribution >= 4 is 0 Å². The summed E-state index contributed by atoms with van der Waals surface area (Å²) in [6, 6.07) is 0.370. The fourth-order valence-electron chi connectivity index (χ4n) is 2.32. The average Bonchev–Trinajstić information content (AvgIpc) is 2.97. The molecule has 0 spiro atoms. The Hall–Kier alpha value is -1.69. The van der Waals surface area contributed by atoms with Gasteiger partial charge in [0.1, 0.15) is 0 Å². The maximum Gasteiger partial charge on any atom is 0.238 e. The molecule has 1 atom stereocenters. The van der Waals surface area contributed by atoms with E-state index in [1.54, 1.807) is 6.20 Å². The fraction of sp³-hybridized carbons (Fsp3) is 0.643. The van der Waals surface area contributed by atoms with Crippen molar-refractivity contribution in [2.24, 2.45) is 13.0 Å². The number of aryl methyl sites for hydroxylation is 1. The number of hydrogen-bond donors (Lipinski definition) is 1. The molecule has 0 amide bonds. The Labute approximate surface area is 119 Å². The Balaban J connectivity index is 2.06. The van der Waals surface area contributed by atoms with Crippen molar-refractivity contribution in [1.29, 1.82) is 0 Å². The maximum absolute atomic E-state index is 5.35. The first-order chi connectivity index (χ1) is 9.60. The van der Waals surface area contributed by atoms with E-state index in [1.165, 1.54) is 0 Å².